The molecule has 0 aliphatic carbocycles. The highest BCUT2D eigenvalue weighted by molar-refractivity contribution is 5.68. The van der Waals surface area contributed by atoms with Crippen LogP contribution in [0.5, 0.6) is 0 Å². The van der Waals surface area contributed by atoms with Crippen molar-refractivity contribution >= 4 is 11.8 Å². The molecule has 0 saturated carbocycles. The van der Waals surface area contributed by atoms with Crippen LogP contribution in [-0.2, 0) is 11.3 Å². The summed E-state index contributed by atoms with van der Waals surface area (Å²) in [5.41, 5.74) is 3.03. The Labute approximate surface area is 187 Å². The van der Waals surface area contributed by atoms with Gasteiger partial charge in [0, 0.05) is 57.4 Å². The third kappa shape index (κ3) is 6.42. The van der Waals surface area contributed by atoms with E-state index >= 15 is 0 Å². The molecule has 2 heterocycles. The summed E-state index contributed by atoms with van der Waals surface area (Å²) < 4.78 is 92.7. The Hall–Kier alpha value is -2.24. The molecule has 1 atom stereocenters. The highest BCUT2D eigenvalue weighted by Crippen LogP contribution is 2.36. The molecular formula is C21H26F7N3O2. The first-order valence-electron chi connectivity index (χ1n) is 10.6. The van der Waals surface area contributed by atoms with Crippen molar-refractivity contribution in [1.29, 1.82) is 0 Å². The Kier molecular flexibility index (Phi) is 7.65. The van der Waals surface area contributed by atoms with Crippen molar-refractivity contribution < 1.29 is 40.3 Å². The molecule has 0 spiro atoms. The van der Waals surface area contributed by atoms with Crippen LogP contribution in [0.2, 0.25) is 0 Å². The van der Waals surface area contributed by atoms with Gasteiger partial charge < -0.3 is 14.5 Å². The molecule has 0 aromatic heterocycles. The molecule has 2 saturated heterocycles. The number of hydrogen-bond donors (Lipinski definition) is 0. The van der Waals surface area contributed by atoms with Gasteiger partial charge in [0.05, 0.1) is 6.67 Å². The number of rotatable bonds is 5. The fourth-order valence-electron chi connectivity index (χ4n) is 4.10. The van der Waals surface area contributed by atoms with E-state index in [9.17, 15) is 35.5 Å². The molecule has 1 amide bonds. The molecule has 2 aliphatic rings. The number of carbonyl (C=O) groups is 1. The lowest BCUT2D eigenvalue weighted by molar-refractivity contribution is -0.308. The van der Waals surface area contributed by atoms with E-state index < -0.39 is 24.5 Å². The number of aryl methyl sites for hydroxylation is 1. The first-order chi connectivity index (χ1) is 15.4. The summed E-state index contributed by atoms with van der Waals surface area (Å²) in [5, 5.41) is 0. The predicted octanol–water partition coefficient (Wildman–Crippen LogP) is 4.54. The van der Waals surface area contributed by atoms with Gasteiger partial charge in [0.1, 0.15) is 0 Å². The minimum Gasteiger partial charge on any atom is -0.426 e. The second-order valence-electron chi connectivity index (χ2n) is 8.50. The van der Waals surface area contributed by atoms with E-state index in [1.165, 1.54) is 0 Å². The molecule has 3 rings (SSSR count). The monoisotopic (exact) mass is 485 g/mol. The normalized spacial score (nSPS) is 20.6. The first-order valence-corrected chi connectivity index (χ1v) is 10.6. The first kappa shape index (κ1) is 25.4. The van der Waals surface area contributed by atoms with Crippen molar-refractivity contribution in [3.05, 3.63) is 29.3 Å². The zero-order valence-electron chi connectivity index (χ0n) is 18.1. The van der Waals surface area contributed by atoms with E-state index in [2.05, 4.69) is 9.64 Å². The lowest BCUT2D eigenvalue weighted by Crippen LogP contribution is -2.52. The Morgan fingerprint density at radius 3 is 2.24 bits per heavy atom. The van der Waals surface area contributed by atoms with E-state index in [4.69, 9.17) is 0 Å². The molecule has 1 aromatic rings. The molecule has 33 heavy (non-hydrogen) atoms. The number of anilines is 1. The van der Waals surface area contributed by atoms with Crippen molar-refractivity contribution in [3.63, 3.8) is 0 Å². The molecule has 2 aliphatic heterocycles. The Morgan fingerprint density at radius 1 is 1.06 bits per heavy atom. The zero-order chi connectivity index (χ0) is 24.4. The van der Waals surface area contributed by atoms with Gasteiger partial charge in [0.25, 0.3) is 6.10 Å². The molecule has 2 fully saturated rings. The number of nitrogens with zero attached hydrogens (tertiary/aromatic N) is 3. The van der Waals surface area contributed by atoms with Gasteiger partial charge in [-0.3, -0.25) is 9.29 Å². The van der Waals surface area contributed by atoms with E-state index in [0.717, 1.165) is 34.7 Å². The number of piperazine rings is 1. The highest BCUT2D eigenvalue weighted by Gasteiger charge is 2.60. The molecule has 0 bridgehead atoms. The number of ether oxygens (including phenoxy) is 1. The third-order valence-corrected chi connectivity index (χ3v) is 5.92. The number of alkyl halides is 7. The lowest BCUT2D eigenvalue weighted by Gasteiger charge is -2.36. The summed E-state index contributed by atoms with van der Waals surface area (Å²) in [6.07, 6.45) is -16.5. The third-order valence-electron chi connectivity index (χ3n) is 5.92. The topological polar surface area (TPSA) is 36.0 Å². The fourth-order valence-corrected chi connectivity index (χ4v) is 4.10. The van der Waals surface area contributed by atoms with Crippen LogP contribution in [0.15, 0.2) is 18.2 Å². The van der Waals surface area contributed by atoms with Crippen LogP contribution in [0.25, 0.3) is 0 Å². The van der Waals surface area contributed by atoms with E-state index in [0.29, 0.717) is 13.1 Å². The molecule has 0 N–H and O–H groups in total. The molecule has 5 nitrogen and oxygen atoms in total. The maximum absolute atomic E-state index is 13.0. The van der Waals surface area contributed by atoms with E-state index in [-0.39, 0.29) is 38.8 Å². The lowest BCUT2D eigenvalue weighted by atomic mass is 10.1. The van der Waals surface area contributed by atoms with Gasteiger partial charge >= 0.3 is 18.4 Å². The second-order valence-corrected chi connectivity index (χ2v) is 8.50. The summed E-state index contributed by atoms with van der Waals surface area (Å²) in [4.78, 5) is 16.9. The highest BCUT2D eigenvalue weighted by atomic mass is 19.4. The molecule has 186 valence electrons. The van der Waals surface area contributed by atoms with Crippen LogP contribution in [-0.4, -0.2) is 80.3 Å². The average Bonchev–Trinajstić information content (AvgIpc) is 3.21. The predicted molar refractivity (Wildman–Crippen MR) is 107 cm³/mol. The Morgan fingerprint density at radius 2 is 1.70 bits per heavy atom. The molecule has 0 radical (unpaired) electrons. The van der Waals surface area contributed by atoms with Crippen molar-refractivity contribution in [1.82, 2.24) is 9.80 Å². The van der Waals surface area contributed by atoms with Crippen LogP contribution < -0.4 is 4.90 Å². The van der Waals surface area contributed by atoms with Crippen molar-refractivity contribution in [2.75, 3.05) is 50.8 Å². The van der Waals surface area contributed by atoms with Crippen LogP contribution in [0.3, 0.4) is 0 Å². The Bertz CT molecular complexity index is 809. The van der Waals surface area contributed by atoms with Gasteiger partial charge in [-0.25, -0.2) is 4.79 Å². The van der Waals surface area contributed by atoms with Crippen molar-refractivity contribution in [2.45, 2.75) is 38.3 Å². The van der Waals surface area contributed by atoms with Crippen LogP contribution in [0, 0.1) is 12.8 Å². The van der Waals surface area contributed by atoms with Gasteiger partial charge in [-0.05, 0) is 30.5 Å². The van der Waals surface area contributed by atoms with Gasteiger partial charge in [-0.1, -0.05) is 12.1 Å². The molecule has 1 aromatic carbocycles. The van der Waals surface area contributed by atoms with Crippen LogP contribution in [0.4, 0.5) is 41.2 Å². The van der Waals surface area contributed by atoms with E-state index in [1.807, 2.05) is 30.0 Å². The molecule has 1 unspecified atom stereocenters. The smallest absolute Gasteiger partial charge is 0.426 e. The average molecular weight is 485 g/mol. The molecular weight excluding hydrogens is 459 g/mol. The molecule has 12 heteroatoms. The maximum atomic E-state index is 13.0. The standard InChI is InChI=1S/C21H26F7N3O2/c1-14-2-3-16(17(10-14)31-5-4-15(11-22)12-31)13-29-6-8-30(9-7-29)19(32)33-18(20(23,24)25)21(26,27)28/h2-3,10,15,18H,4-9,11-13H2,1H3. The number of amides is 1. The van der Waals surface area contributed by atoms with E-state index in [1.54, 1.807) is 0 Å². The van der Waals surface area contributed by atoms with Gasteiger partial charge in [0.15, 0.2) is 0 Å². The maximum Gasteiger partial charge on any atom is 0.434 e. The zero-order valence-corrected chi connectivity index (χ0v) is 18.1. The summed E-state index contributed by atoms with van der Waals surface area (Å²) >= 11 is 0. The van der Waals surface area contributed by atoms with Gasteiger partial charge in [0.2, 0.25) is 0 Å². The summed E-state index contributed by atoms with van der Waals surface area (Å²) in [5.74, 6) is -0.00913. The minimum absolute atomic E-state index is 0.00913. The number of benzene rings is 1. The minimum atomic E-state index is -5.74. The summed E-state index contributed by atoms with van der Waals surface area (Å²) in [6.45, 7) is 3.83. The number of hydrogen-bond acceptors (Lipinski definition) is 4. The Balaban J connectivity index is 1.59. The second kappa shape index (κ2) is 9.94. The largest absolute Gasteiger partial charge is 0.434 e. The summed E-state index contributed by atoms with van der Waals surface area (Å²) in [7, 11) is 0. The van der Waals surface area contributed by atoms with Crippen molar-refractivity contribution in [3.8, 4) is 0 Å². The SMILES string of the molecule is Cc1ccc(CN2CCN(C(=O)OC(C(F)(F)F)C(F)(F)F)CC2)c(N2CCC(CF)C2)c1. The quantitative estimate of drug-likeness (QED) is 0.574. The van der Waals surface area contributed by atoms with Crippen molar-refractivity contribution in [2.24, 2.45) is 5.92 Å². The van der Waals surface area contributed by atoms with Gasteiger partial charge in [-0.2, -0.15) is 26.3 Å². The van der Waals surface area contributed by atoms with Crippen LogP contribution >= 0.6 is 0 Å². The fraction of sp³-hybridized carbons (Fsp3) is 0.667. The van der Waals surface area contributed by atoms with Crippen LogP contribution in [0.1, 0.15) is 17.5 Å². The number of carbonyl (C=O) groups excluding carboxylic acids is 1. The number of halogens is 7. The summed E-state index contributed by atoms with van der Waals surface area (Å²) in [6, 6.07) is 5.94. The van der Waals surface area contributed by atoms with Gasteiger partial charge in [-0.15, -0.1) is 0 Å².